The van der Waals surface area contributed by atoms with Crippen LogP contribution in [0.4, 0.5) is 4.79 Å². The third-order valence-corrected chi connectivity index (χ3v) is 4.71. The van der Waals surface area contributed by atoms with Crippen molar-refractivity contribution in [3.05, 3.63) is 18.2 Å². The molecule has 5 nitrogen and oxygen atoms in total. The van der Waals surface area contributed by atoms with Crippen LogP contribution in [0.1, 0.15) is 18.7 Å². The van der Waals surface area contributed by atoms with Crippen molar-refractivity contribution in [1.29, 1.82) is 0 Å². The highest BCUT2D eigenvalue weighted by molar-refractivity contribution is 7.99. The zero-order valence-corrected chi connectivity index (χ0v) is 11.1. The summed E-state index contributed by atoms with van der Waals surface area (Å²) in [5.74, 6) is 3.27. The number of nitrogens with zero attached hydrogens (tertiary/aromatic N) is 2. The molecule has 0 aliphatic carbocycles. The van der Waals surface area contributed by atoms with Crippen LogP contribution in [-0.2, 0) is 13.0 Å². The van der Waals surface area contributed by atoms with Crippen LogP contribution in [0.25, 0.3) is 0 Å². The van der Waals surface area contributed by atoms with E-state index in [1.807, 2.05) is 24.2 Å². The highest BCUT2D eigenvalue weighted by Crippen LogP contribution is 2.17. The molecule has 0 saturated carbocycles. The van der Waals surface area contributed by atoms with E-state index < -0.39 is 0 Å². The minimum absolute atomic E-state index is 0.0208. The van der Waals surface area contributed by atoms with Crippen molar-refractivity contribution in [3.63, 3.8) is 0 Å². The molecule has 0 radical (unpaired) electrons. The number of imidazole rings is 1. The van der Waals surface area contributed by atoms with Gasteiger partial charge in [-0.3, -0.25) is 0 Å². The van der Waals surface area contributed by atoms with Crippen LogP contribution in [0.15, 0.2) is 12.4 Å². The highest BCUT2D eigenvalue weighted by atomic mass is 32.2. The number of aryl methyl sites for hydroxylation is 1. The fourth-order valence-corrected chi connectivity index (χ4v) is 3.69. The van der Waals surface area contributed by atoms with E-state index in [1.54, 1.807) is 0 Å². The molecule has 3 rings (SSSR count). The van der Waals surface area contributed by atoms with Gasteiger partial charge in [0.2, 0.25) is 0 Å². The average Bonchev–Trinajstić information content (AvgIpc) is 2.98. The molecule has 6 heteroatoms. The lowest BCUT2D eigenvalue weighted by atomic mass is 10.1. The molecule has 1 fully saturated rings. The van der Waals surface area contributed by atoms with Gasteiger partial charge in [-0.05, 0) is 18.6 Å². The molecule has 0 aromatic carbocycles. The molecular formula is C12H18N4OS. The quantitative estimate of drug-likeness (QED) is 0.839. The average molecular weight is 266 g/mol. The van der Waals surface area contributed by atoms with E-state index in [2.05, 4.69) is 20.2 Å². The number of hydrogen-bond donors (Lipinski definition) is 2. The number of amides is 2. The summed E-state index contributed by atoms with van der Waals surface area (Å²) in [7, 11) is 0. The molecule has 2 atom stereocenters. The largest absolute Gasteiger partial charge is 0.335 e. The van der Waals surface area contributed by atoms with E-state index in [1.165, 1.54) is 0 Å². The van der Waals surface area contributed by atoms with Crippen molar-refractivity contribution in [3.8, 4) is 0 Å². The Morgan fingerprint density at radius 1 is 1.39 bits per heavy atom. The van der Waals surface area contributed by atoms with Crippen molar-refractivity contribution in [2.75, 3.05) is 11.5 Å². The summed E-state index contributed by atoms with van der Waals surface area (Å²) in [6, 6.07) is 0.544. The smallest absolute Gasteiger partial charge is 0.315 e. The number of thioether (sulfide) groups is 1. The SMILES string of the molecule is O=C(NC1CCSC1)NC1CCn2ccnc2C1. The minimum Gasteiger partial charge on any atom is -0.335 e. The van der Waals surface area contributed by atoms with E-state index in [-0.39, 0.29) is 12.1 Å². The van der Waals surface area contributed by atoms with Gasteiger partial charge in [-0.1, -0.05) is 0 Å². The van der Waals surface area contributed by atoms with Gasteiger partial charge in [-0.25, -0.2) is 9.78 Å². The maximum absolute atomic E-state index is 11.9. The van der Waals surface area contributed by atoms with Crippen LogP contribution in [0.2, 0.25) is 0 Å². The van der Waals surface area contributed by atoms with E-state index in [4.69, 9.17) is 0 Å². The second-order valence-electron chi connectivity index (χ2n) is 4.90. The monoisotopic (exact) mass is 266 g/mol. The lowest BCUT2D eigenvalue weighted by molar-refractivity contribution is 0.231. The molecule has 18 heavy (non-hydrogen) atoms. The number of carbonyl (C=O) groups is 1. The number of fused-ring (bicyclic) bond motifs is 1. The Kier molecular flexibility index (Phi) is 3.45. The normalized spacial score (nSPS) is 26.7. The van der Waals surface area contributed by atoms with Gasteiger partial charge in [0.25, 0.3) is 0 Å². The second kappa shape index (κ2) is 5.22. The summed E-state index contributed by atoms with van der Waals surface area (Å²) in [5, 5.41) is 6.11. The Morgan fingerprint density at radius 2 is 2.28 bits per heavy atom. The van der Waals surface area contributed by atoms with E-state index >= 15 is 0 Å². The lowest BCUT2D eigenvalue weighted by Gasteiger charge is -2.25. The Balaban J connectivity index is 1.50. The molecule has 98 valence electrons. The van der Waals surface area contributed by atoms with Gasteiger partial charge in [-0.2, -0.15) is 11.8 Å². The lowest BCUT2D eigenvalue weighted by Crippen LogP contribution is -2.48. The summed E-state index contributed by atoms with van der Waals surface area (Å²) in [4.78, 5) is 16.2. The number of nitrogens with one attached hydrogen (secondary N) is 2. The molecule has 2 N–H and O–H groups in total. The first-order valence-corrected chi connectivity index (χ1v) is 7.61. The van der Waals surface area contributed by atoms with Crippen molar-refractivity contribution in [2.45, 2.75) is 37.9 Å². The molecule has 2 amide bonds. The standard InChI is InChI=1S/C12H18N4OS/c17-12(15-10-2-6-18-8-10)14-9-1-4-16-5-3-13-11(16)7-9/h3,5,9-10H,1-2,4,6-8H2,(H2,14,15,17). The molecule has 2 unspecified atom stereocenters. The number of carbonyl (C=O) groups excluding carboxylic acids is 1. The number of aromatic nitrogens is 2. The second-order valence-corrected chi connectivity index (χ2v) is 6.05. The molecule has 0 bridgehead atoms. The van der Waals surface area contributed by atoms with Crippen molar-refractivity contribution in [1.82, 2.24) is 20.2 Å². The predicted molar refractivity (Wildman–Crippen MR) is 71.7 cm³/mol. The van der Waals surface area contributed by atoms with Crippen LogP contribution < -0.4 is 10.6 Å². The summed E-state index contributed by atoms with van der Waals surface area (Å²) in [6.07, 6.45) is 6.73. The predicted octanol–water partition coefficient (Wildman–Crippen LogP) is 1.00. The summed E-state index contributed by atoms with van der Waals surface area (Å²) in [6.45, 7) is 0.944. The minimum atomic E-state index is -0.0208. The topological polar surface area (TPSA) is 59.0 Å². The van der Waals surface area contributed by atoms with Gasteiger partial charge in [-0.15, -0.1) is 0 Å². The molecular weight excluding hydrogens is 248 g/mol. The van der Waals surface area contributed by atoms with Crippen LogP contribution >= 0.6 is 11.8 Å². The molecule has 1 aromatic heterocycles. The first kappa shape index (κ1) is 11.9. The maximum Gasteiger partial charge on any atom is 0.315 e. The summed E-state index contributed by atoms with van der Waals surface area (Å²) >= 11 is 1.91. The molecule has 2 aliphatic rings. The third-order valence-electron chi connectivity index (χ3n) is 3.55. The first-order valence-electron chi connectivity index (χ1n) is 6.46. The van der Waals surface area contributed by atoms with E-state index in [9.17, 15) is 4.79 Å². The van der Waals surface area contributed by atoms with Crippen molar-refractivity contribution < 1.29 is 4.79 Å². The number of urea groups is 1. The van der Waals surface area contributed by atoms with Crippen LogP contribution in [0.5, 0.6) is 0 Å². The number of hydrogen-bond acceptors (Lipinski definition) is 3. The first-order chi connectivity index (χ1) is 8.81. The van der Waals surface area contributed by atoms with Gasteiger partial charge in [0.05, 0.1) is 0 Å². The van der Waals surface area contributed by atoms with Gasteiger partial charge in [0.1, 0.15) is 5.82 Å². The van der Waals surface area contributed by atoms with Crippen molar-refractivity contribution in [2.24, 2.45) is 0 Å². The van der Waals surface area contributed by atoms with Crippen molar-refractivity contribution >= 4 is 17.8 Å². The summed E-state index contributed by atoms with van der Waals surface area (Å²) in [5.41, 5.74) is 0. The Morgan fingerprint density at radius 3 is 3.11 bits per heavy atom. The fourth-order valence-electron chi connectivity index (χ4n) is 2.53. The van der Waals surface area contributed by atoms with Gasteiger partial charge in [0, 0.05) is 43.2 Å². The Bertz CT molecular complexity index is 427. The number of rotatable bonds is 2. The van der Waals surface area contributed by atoms with E-state index in [0.717, 1.165) is 43.1 Å². The molecule has 1 saturated heterocycles. The zero-order chi connectivity index (χ0) is 12.4. The van der Waals surface area contributed by atoms with Gasteiger partial charge >= 0.3 is 6.03 Å². The van der Waals surface area contributed by atoms with Gasteiger partial charge < -0.3 is 15.2 Å². The van der Waals surface area contributed by atoms with Crippen LogP contribution in [0, 0.1) is 0 Å². The Hall–Kier alpha value is -1.17. The molecule has 0 spiro atoms. The van der Waals surface area contributed by atoms with E-state index in [0.29, 0.717) is 6.04 Å². The molecule has 2 aliphatic heterocycles. The third kappa shape index (κ3) is 2.63. The van der Waals surface area contributed by atoms with Gasteiger partial charge in [0.15, 0.2) is 0 Å². The Labute approximate surface area is 111 Å². The zero-order valence-electron chi connectivity index (χ0n) is 10.3. The molecule has 3 heterocycles. The molecule has 1 aromatic rings. The highest BCUT2D eigenvalue weighted by Gasteiger charge is 2.22. The maximum atomic E-state index is 11.9. The van der Waals surface area contributed by atoms with Crippen LogP contribution in [-0.4, -0.2) is 39.2 Å². The van der Waals surface area contributed by atoms with Crippen LogP contribution in [0.3, 0.4) is 0 Å². The summed E-state index contributed by atoms with van der Waals surface area (Å²) < 4.78 is 2.16. The fraction of sp³-hybridized carbons (Fsp3) is 0.667.